The van der Waals surface area contributed by atoms with Gasteiger partial charge in [0.05, 0.1) is 25.3 Å². The highest BCUT2D eigenvalue weighted by molar-refractivity contribution is 5.74. The number of ether oxygens (including phenoxy) is 1. The van der Waals surface area contributed by atoms with E-state index in [4.69, 9.17) is 4.74 Å². The van der Waals surface area contributed by atoms with Gasteiger partial charge in [0.15, 0.2) is 0 Å². The van der Waals surface area contributed by atoms with Crippen molar-refractivity contribution in [2.45, 2.75) is 44.7 Å². The summed E-state index contributed by atoms with van der Waals surface area (Å²) in [7, 11) is 1.92. The van der Waals surface area contributed by atoms with Crippen molar-refractivity contribution in [1.82, 2.24) is 25.5 Å². The van der Waals surface area contributed by atoms with Crippen molar-refractivity contribution in [1.29, 1.82) is 0 Å². The van der Waals surface area contributed by atoms with E-state index in [1.54, 1.807) is 6.20 Å². The molecule has 0 aromatic carbocycles. The molecule has 0 saturated carbocycles. The molecule has 124 valence electrons. The molecule has 3 atom stereocenters. The molecule has 1 aromatic heterocycles. The van der Waals surface area contributed by atoms with Gasteiger partial charge in [-0.25, -0.2) is 9.78 Å². The molecule has 1 fully saturated rings. The van der Waals surface area contributed by atoms with E-state index in [-0.39, 0.29) is 24.7 Å². The van der Waals surface area contributed by atoms with Crippen LogP contribution < -0.4 is 16.0 Å². The zero-order chi connectivity index (χ0) is 16.1. The molecule has 8 nitrogen and oxygen atoms in total. The van der Waals surface area contributed by atoms with E-state index in [9.17, 15) is 9.90 Å². The van der Waals surface area contributed by atoms with Crippen molar-refractivity contribution in [2.75, 3.05) is 13.2 Å². The second kappa shape index (κ2) is 7.57. The molecular formula is C14H25N5O3. The van der Waals surface area contributed by atoms with Crippen molar-refractivity contribution in [2.24, 2.45) is 7.05 Å². The van der Waals surface area contributed by atoms with E-state index in [0.717, 1.165) is 5.82 Å². The van der Waals surface area contributed by atoms with Gasteiger partial charge in [-0.1, -0.05) is 0 Å². The molecule has 0 aliphatic carbocycles. The van der Waals surface area contributed by atoms with Gasteiger partial charge in [-0.2, -0.15) is 0 Å². The number of aryl methyl sites for hydroxylation is 1. The van der Waals surface area contributed by atoms with Crippen LogP contribution in [0.25, 0.3) is 0 Å². The lowest BCUT2D eigenvalue weighted by Crippen LogP contribution is -2.47. The second-order valence-corrected chi connectivity index (χ2v) is 5.81. The van der Waals surface area contributed by atoms with Gasteiger partial charge in [-0.05, 0) is 13.8 Å². The minimum atomic E-state index is -0.667. The van der Waals surface area contributed by atoms with E-state index in [2.05, 4.69) is 20.9 Å². The number of hydrogen-bond donors (Lipinski definition) is 4. The Kier molecular flexibility index (Phi) is 5.76. The smallest absolute Gasteiger partial charge is 0.315 e. The SMILES string of the molecule is CC(C)NC(=O)NC[C@H]1OC[C@@H](NCc2nccn2C)[C@@H]1O. The monoisotopic (exact) mass is 311 g/mol. The lowest BCUT2D eigenvalue weighted by atomic mass is 10.1. The van der Waals surface area contributed by atoms with Crippen molar-refractivity contribution in [3.63, 3.8) is 0 Å². The maximum atomic E-state index is 11.5. The van der Waals surface area contributed by atoms with Gasteiger partial charge in [0.1, 0.15) is 11.9 Å². The highest BCUT2D eigenvalue weighted by Crippen LogP contribution is 2.14. The Hall–Kier alpha value is -1.64. The molecule has 0 spiro atoms. The fraction of sp³-hybridized carbons (Fsp3) is 0.714. The number of imidazole rings is 1. The van der Waals surface area contributed by atoms with Crippen LogP contribution in [0.1, 0.15) is 19.7 Å². The molecule has 0 radical (unpaired) electrons. The van der Waals surface area contributed by atoms with E-state index >= 15 is 0 Å². The molecule has 1 saturated heterocycles. The van der Waals surface area contributed by atoms with Gasteiger partial charge in [0.25, 0.3) is 0 Å². The quantitative estimate of drug-likeness (QED) is 0.559. The zero-order valence-corrected chi connectivity index (χ0v) is 13.2. The van der Waals surface area contributed by atoms with Gasteiger partial charge in [-0.15, -0.1) is 0 Å². The largest absolute Gasteiger partial charge is 0.389 e. The molecule has 1 aromatic rings. The summed E-state index contributed by atoms with van der Waals surface area (Å²) in [6.45, 7) is 5.02. The second-order valence-electron chi connectivity index (χ2n) is 5.81. The molecule has 2 heterocycles. The molecule has 8 heteroatoms. The van der Waals surface area contributed by atoms with Crippen LogP contribution in [0.4, 0.5) is 4.79 Å². The van der Waals surface area contributed by atoms with E-state index in [1.807, 2.05) is 31.7 Å². The number of carbonyl (C=O) groups excluding carboxylic acids is 1. The van der Waals surface area contributed by atoms with Crippen molar-refractivity contribution in [3.05, 3.63) is 18.2 Å². The number of carbonyl (C=O) groups is 1. The van der Waals surface area contributed by atoms with Crippen LogP contribution in [-0.2, 0) is 18.3 Å². The molecular weight excluding hydrogens is 286 g/mol. The number of aromatic nitrogens is 2. The summed E-state index contributed by atoms with van der Waals surface area (Å²) in [6, 6.07) is -0.353. The number of aliphatic hydroxyl groups is 1. The lowest BCUT2D eigenvalue weighted by Gasteiger charge is -2.19. The number of rotatable bonds is 6. The molecule has 0 bridgehead atoms. The Balaban J connectivity index is 1.74. The number of nitrogens with one attached hydrogen (secondary N) is 3. The maximum absolute atomic E-state index is 11.5. The minimum absolute atomic E-state index is 0.0709. The Morgan fingerprint density at radius 2 is 2.36 bits per heavy atom. The van der Waals surface area contributed by atoms with Gasteiger partial charge in [0.2, 0.25) is 0 Å². The summed E-state index contributed by atoms with van der Waals surface area (Å²) in [5.74, 6) is 0.894. The molecule has 2 rings (SSSR count). The average molecular weight is 311 g/mol. The van der Waals surface area contributed by atoms with Gasteiger partial charge in [0, 0.05) is 32.0 Å². The highest BCUT2D eigenvalue weighted by atomic mass is 16.5. The van der Waals surface area contributed by atoms with E-state index in [0.29, 0.717) is 13.2 Å². The number of aliphatic hydroxyl groups excluding tert-OH is 1. The third-order valence-corrected chi connectivity index (χ3v) is 3.61. The molecule has 1 aliphatic heterocycles. The maximum Gasteiger partial charge on any atom is 0.315 e. The van der Waals surface area contributed by atoms with Gasteiger partial charge < -0.3 is 30.4 Å². The predicted octanol–water partition coefficient (Wildman–Crippen LogP) is -0.654. The average Bonchev–Trinajstić information content (AvgIpc) is 3.00. The number of nitrogens with zero attached hydrogens (tertiary/aromatic N) is 2. The Bertz CT molecular complexity index is 491. The molecule has 1 aliphatic rings. The van der Waals surface area contributed by atoms with Crippen LogP contribution in [0.15, 0.2) is 12.4 Å². The van der Waals surface area contributed by atoms with Crippen molar-refractivity contribution < 1.29 is 14.6 Å². The first-order valence-corrected chi connectivity index (χ1v) is 7.51. The Labute approximate surface area is 130 Å². The van der Waals surface area contributed by atoms with E-state index < -0.39 is 12.2 Å². The molecule has 4 N–H and O–H groups in total. The van der Waals surface area contributed by atoms with Crippen LogP contribution in [-0.4, -0.2) is 58.1 Å². The summed E-state index contributed by atoms with van der Waals surface area (Å²) in [5, 5.41) is 18.9. The number of hydrogen-bond acceptors (Lipinski definition) is 5. The minimum Gasteiger partial charge on any atom is -0.389 e. The Morgan fingerprint density at radius 3 is 3.00 bits per heavy atom. The first-order chi connectivity index (χ1) is 10.5. The summed E-state index contributed by atoms with van der Waals surface area (Å²) < 4.78 is 7.47. The van der Waals surface area contributed by atoms with Crippen LogP contribution in [0.3, 0.4) is 0 Å². The van der Waals surface area contributed by atoms with Gasteiger partial charge >= 0.3 is 6.03 Å². The number of urea groups is 1. The highest BCUT2D eigenvalue weighted by Gasteiger charge is 2.35. The van der Waals surface area contributed by atoms with Crippen molar-refractivity contribution in [3.8, 4) is 0 Å². The predicted molar refractivity (Wildman–Crippen MR) is 81.3 cm³/mol. The Morgan fingerprint density at radius 1 is 1.59 bits per heavy atom. The molecule has 2 amide bonds. The first-order valence-electron chi connectivity index (χ1n) is 7.51. The third kappa shape index (κ3) is 4.43. The summed E-state index contributed by atoms with van der Waals surface area (Å²) in [5.41, 5.74) is 0. The topological polar surface area (TPSA) is 100 Å². The summed E-state index contributed by atoms with van der Waals surface area (Å²) in [6.07, 6.45) is 2.54. The van der Waals surface area contributed by atoms with Crippen LogP contribution >= 0.6 is 0 Å². The van der Waals surface area contributed by atoms with E-state index in [1.165, 1.54) is 0 Å². The normalized spacial score (nSPS) is 24.7. The summed E-state index contributed by atoms with van der Waals surface area (Å²) in [4.78, 5) is 15.8. The number of amides is 2. The molecule has 0 unspecified atom stereocenters. The van der Waals surface area contributed by atoms with Crippen molar-refractivity contribution >= 4 is 6.03 Å². The summed E-state index contributed by atoms with van der Waals surface area (Å²) >= 11 is 0. The van der Waals surface area contributed by atoms with Crippen LogP contribution in [0.5, 0.6) is 0 Å². The molecule has 22 heavy (non-hydrogen) atoms. The van der Waals surface area contributed by atoms with Gasteiger partial charge in [-0.3, -0.25) is 0 Å². The lowest BCUT2D eigenvalue weighted by molar-refractivity contribution is 0.0425. The standard InChI is InChI=1S/C14H25N5O3/c1-9(2)18-14(21)17-6-11-13(20)10(8-22-11)16-7-12-15-4-5-19(12)3/h4-5,9-11,13,16,20H,6-8H2,1-3H3,(H2,17,18,21)/t10-,11-,13+/m1/s1. The zero-order valence-electron chi connectivity index (χ0n) is 13.2. The third-order valence-electron chi connectivity index (χ3n) is 3.61. The van der Waals surface area contributed by atoms with Crippen LogP contribution in [0, 0.1) is 0 Å². The first kappa shape index (κ1) is 16.7. The van der Waals surface area contributed by atoms with Crippen LogP contribution in [0.2, 0.25) is 0 Å². The fourth-order valence-corrected chi connectivity index (χ4v) is 2.34. The fourth-order valence-electron chi connectivity index (χ4n) is 2.34.